The Balaban J connectivity index is 2.07. The Morgan fingerprint density at radius 3 is 1.96 bits per heavy atom. The maximum Gasteiger partial charge on any atom is 0.416 e. The molecule has 0 atom stereocenters. The van der Waals surface area contributed by atoms with Gasteiger partial charge in [-0.2, -0.15) is 13.2 Å². The van der Waals surface area contributed by atoms with Crippen LogP contribution in [0.1, 0.15) is 89.5 Å². The van der Waals surface area contributed by atoms with Crippen molar-refractivity contribution in [3.63, 3.8) is 0 Å². The average Bonchev–Trinajstić information content (AvgIpc) is 2.59. The van der Waals surface area contributed by atoms with E-state index in [1.165, 1.54) is 63.5 Å². The molecule has 0 fully saturated rings. The molecule has 0 spiro atoms. The van der Waals surface area contributed by atoms with Gasteiger partial charge in [0.1, 0.15) is 0 Å². The van der Waals surface area contributed by atoms with Crippen LogP contribution in [-0.4, -0.2) is 5.91 Å². The molecule has 5 heteroatoms. The van der Waals surface area contributed by atoms with Crippen molar-refractivity contribution < 1.29 is 18.0 Å². The van der Waals surface area contributed by atoms with E-state index in [1.54, 1.807) is 0 Å². The fraction of sp³-hybridized carbons (Fsp3) is 0.667. The first-order valence-corrected chi connectivity index (χ1v) is 9.90. The highest BCUT2D eigenvalue weighted by Gasteiger charge is 2.30. The van der Waals surface area contributed by atoms with E-state index in [0.717, 1.165) is 31.4 Å². The number of amides is 1. The number of unbranched alkanes of at least 4 members (excludes halogenated alkanes) is 10. The Hall–Kier alpha value is -1.52. The van der Waals surface area contributed by atoms with Gasteiger partial charge in [-0.1, -0.05) is 77.2 Å². The summed E-state index contributed by atoms with van der Waals surface area (Å²) in [5.41, 5.74) is -0.544. The quantitative estimate of drug-likeness (QED) is 0.361. The van der Waals surface area contributed by atoms with Crippen LogP contribution in [0.25, 0.3) is 0 Å². The second-order valence-corrected chi connectivity index (χ2v) is 6.91. The van der Waals surface area contributed by atoms with Crippen LogP contribution in [0.4, 0.5) is 18.9 Å². The molecule has 1 rings (SSSR count). The van der Waals surface area contributed by atoms with Gasteiger partial charge in [-0.15, -0.1) is 0 Å². The highest BCUT2D eigenvalue weighted by Crippen LogP contribution is 2.30. The van der Waals surface area contributed by atoms with E-state index in [1.807, 2.05) is 0 Å². The predicted molar refractivity (Wildman–Crippen MR) is 101 cm³/mol. The minimum Gasteiger partial charge on any atom is -0.326 e. The number of hydrogen-bond acceptors (Lipinski definition) is 1. The van der Waals surface area contributed by atoms with E-state index in [-0.39, 0.29) is 11.6 Å². The van der Waals surface area contributed by atoms with Gasteiger partial charge in [0.2, 0.25) is 5.91 Å². The van der Waals surface area contributed by atoms with Gasteiger partial charge in [0.25, 0.3) is 0 Å². The first-order valence-electron chi connectivity index (χ1n) is 9.90. The number of nitrogens with one attached hydrogen (secondary N) is 1. The van der Waals surface area contributed by atoms with Crippen LogP contribution in [0.5, 0.6) is 0 Å². The van der Waals surface area contributed by atoms with Crippen molar-refractivity contribution in [3.05, 3.63) is 29.8 Å². The van der Waals surface area contributed by atoms with Gasteiger partial charge in [-0.25, -0.2) is 0 Å². The minimum atomic E-state index is -4.39. The molecule has 0 saturated heterocycles. The molecule has 0 unspecified atom stereocenters. The maximum absolute atomic E-state index is 12.6. The summed E-state index contributed by atoms with van der Waals surface area (Å²) in [5, 5.41) is 2.55. The van der Waals surface area contributed by atoms with Gasteiger partial charge in [-0.05, 0) is 24.6 Å². The van der Waals surface area contributed by atoms with Crippen LogP contribution in [0.3, 0.4) is 0 Å². The van der Waals surface area contributed by atoms with Crippen LogP contribution in [0.2, 0.25) is 0 Å². The summed E-state index contributed by atoms with van der Waals surface area (Å²) in [6.45, 7) is 2.22. The van der Waals surface area contributed by atoms with Gasteiger partial charge >= 0.3 is 6.18 Å². The van der Waals surface area contributed by atoms with Crippen LogP contribution >= 0.6 is 0 Å². The standard InChI is InChI=1S/C21H32F3NO/c1-2-3-4-5-6-7-8-9-10-11-12-16-20(26)25-19-15-13-14-18(17-19)21(22,23)24/h13-15,17H,2-12,16H2,1H3,(H,25,26). The lowest BCUT2D eigenvalue weighted by Crippen LogP contribution is -2.12. The lowest BCUT2D eigenvalue weighted by molar-refractivity contribution is -0.137. The van der Waals surface area contributed by atoms with Gasteiger partial charge in [0.15, 0.2) is 0 Å². The summed E-state index contributed by atoms with van der Waals surface area (Å²) in [7, 11) is 0. The minimum absolute atomic E-state index is 0.202. The number of carbonyl (C=O) groups is 1. The lowest BCUT2D eigenvalue weighted by Gasteiger charge is -2.10. The number of benzene rings is 1. The summed E-state index contributed by atoms with van der Waals surface area (Å²) < 4.78 is 37.9. The van der Waals surface area contributed by atoms with Crippen molar-refractivity contribution in [1.82, 2.24) is 0 Å². The lowest BCUT2D eigenvalue weighted by atomic mass is 10.1. The molecule has 0 aliphatic heterocycles. The molecule has 0 aromatic heterocycles. The van der Waals surface area contributed by atoms with E-state index in [9.17, 15) is 18.0 Å². The Kier molecular flexibility index (Phi) is 11.1. The SMILES string of the molecule is CCCCCCCCCCCCCC(=O)Nc1cccc(C(F)(F)F)c1. The van der Waals surface area contributed by atoms with Crippen molar-refractivity contribution in [2.24, 2.45) is 0 Å². The van der Waals surface area contributed by atoms with E-state index in [4.69, 9.17) is 0 Å². The monoisotopic (exact) mass is 371 g/mol. The molecular formula is C21H32F3NO. The van der Waals surface area contributed by atoms with E-state index in [2.05, 4.69) is 12.2 Å². The van der Waals surface area contributed by atoms with Crippen molar-refractivity contribution >= 4 is 11.6 Å². The van der Waals surface area contributed by atoms with Crippen LogP contribution < -0.4 is 5.32 Å². The fourth-order valence-corrected chi connectivity index (χ4v) is 2.95. The molecule has 1 amide bonds. The smallest absolute Gasteiger partial charge is 0.326 e. The second kappa shape index (κ2) is 12.8. The Morgan fingerprint density at radius 2 is 1.42 bits per heavy atom. The molecule has 0 bridgehead atoms. The Morgan fingerprint density at radius 1 is 0.885 bits per heavy atom. The van der Waals surface area contributed by atoms with Gasteiger partial charge in [0.05, 0.1) is 5.56 Å². The first kappa shape index (κ1) is 22.5. The number of alkyl halides is 3. The third-order valence-corrected chi connectivity index (χ3v) is 4.48. The third-order valence-electron chi connectivity index (χ3n) is 4.48. The highest BCUT2D eigenvalue weighted by atomic mass is 19.4. The summed E-state index contributed by atoms with van der Waals surface area (Å²) >= 11 is 0. The van der Waals surface area contributed by atoms with E-state index < -0.39 is 11.7 Å². The Bertz CT molecular complexity index is 514. The van der Waals surface area contributed by atoms with Crippen LogP contribution in [-0.2, 0) is 11.0 Å². The fourth-order valence-electron chi connectivity index (χ4n) is 2.95. The molecule has 0 radical (unpaired) electrons. The topological polar surface area (TPSA) is 29.1 Å². The van der Waals surface area contributed by atoms with Crippen LogP contribution in [0.15, 0.2) is 24.3 Å². The first-order chi connectivity index (χ1) is 12.4. The van der Waals surface area contributed by atoms with Crippen LogP contribution in [0, 0.1) is 0 Å². The largest absolute Gasteiger partial charge is 0.416 e. The molecule has 0 aliphatic carbocycles. The van der Waals surface area contributed by atoms with Gasteiger partial charge < -0.3 is 5.32 Å². The predicted octanol–water partition coefficient (Wildman–Crippen LogP) is 7.35. The van der Waals surface area contributed by atoms with E-state index in [0.29, 0.717) is 6.42 Å². The van der Waals surface area contributed by atoms with Gasteiger partial charge in [-0.3, -0.25) is 4.79 Å². The zero-order valence-corrected chi connectivity index (χ0v) is 15.8. The number of carbonyl (C=O) groups excluding carboxylic acids is 1. The number of rotatable bonds is 13. The molecule has 2 nitrogen and oxygen atoms in total. The molecule has 148 valence electrons. The molecule has 0 aliphatic rings. The molecule has 1 aromatic carbocycles. The van der Waals surface area contributed by atoms with E-state index >= 15 is 0 Å². The zero-order chi connectivity index (χ0) is 19.3. The Labute approximate surface area is 155 Å². The molecule has 1 N–H and O–H groups in total. The maximum atomic E-state index is 12.6. The van der Waals surface area contributed by atoms with Crippen molar-refractivity contribution in [2.45, 2.75) is 90.1 Å². The molecule has 26 heavy (non-hydrogen) atoms. The van der Waals surface area contributed by atoms with Gasteiger partial charge in [0, 0.05) is 12.1 Å². The second-order valence-electron chi connectivity index (χ2n) is 6.91. The normalized spacial score (nSPS) is 11.5. The summed E-state index contributed by atoms with van der Waals surface area (Å²) in [5.74, 6) is -0.222. The third kappa shape index (κ3) is 10.5. The van der Waals surface area contributed by atoms with Crippen molar-refractivity contribution in [2.75, 3.05) is 5.32 Å². The summed E-state index contributed by atoms with van der Waals surface area (Å²) in [6, 6.07) is 4.76. The zero-order valence-electron chi connectivity index (χ0n) is 15.8. The number of hydrogen-bond donors (Lipinski definition) is 1. The molecular weight excluding hydrogens is 339 g/mol. The average molecular weight is 371 g/mol. The molecule has 0 heterocycles. The number of anilines is 1. The molecule has 1 aromatic rings. The van der Waals surface area contributed by atoms with Crippen molar-refractivity contribution in [3.8, 4) is 0 Å². The number of halogens is 3. The molecule has 0 saturated carbocycles. The van der Waals surface area contributed by atoms with Crippen molar-refractivity contribution in [1.29, 1.82) is 0 Å². The highest BCUT2D eigenvalue weighted by molar-refractivity contribution is 5.90. The summed E-state index contributed by atoms with van der Waals surface area (Å²) in [4.78, 5) is 11.8. The summed E-state index contributed by atoms with van der Waals surface area (Å²) in [6.07, 6.45) is 9.21.